The van der Waals surface area contributed by atoms with Gasteiger partial charge in [0.15, 0.2) is 17.5 Å². The van der Waals surface area contributed by atoms with E-state index in [2.05, 4.69) is 10.2 Å². The van der Waals surface area contributed by atoms with E-state index in [-0.39, 0.29) is 0 Å². The second kappa shape index (κ2) is 7.64. The number of nitrogens with zero attached hydrogens (tertiary/aromatic N) is 1. The van der Waals surface area contributed by atoms with Crippen molar-refractivity contribution in [1.82, 2.24) is 10.2 Å². The van der Waals surface area contributed by atoms with E-state index < -0.39 is 17.5 Å². The lowest BCUT2D eigenvalue weighted by atomic mass is 10.1. The summed E-state index contributed by atoms with van der Waals surface area (Å²) in [6, 6.07) is 2.08. The molecular formula is C15H21F3N2. The van der Waals surface area contributed by atoms with Gasteiger partial charge in [0.05, 0.1) is 0 Å². The van der Waals surface area contributed by atoms with E-state index >= 15 is 0 Å². The zero-order valence-electron chi connectivity index (χ0n) is 11.6. The highest BCUT2D eigenvalue weighted by molar-refractivity contribution is 5.19. The Morgan fingerprint density at radius 2 is 1.65 bits per heavy atom. The van der Waals surface area contributed by atoms with E-state index in [1.165, 1.54) is 32.4 Å². The van der Waals surface area contributed by atoms with E-state index in [1.54, 1.807) is 0 Å². The molecule has 2 nitrogen and oxygen atoms in total. The summed E-state index contributed by atoms with van der Waals surface area (Å²) >= 11 is 0. The Morgan fingerprint density at radius 1 is 1.00 bits per heavy atom. The average molecular weight is 286 g/mol. The summed E-state index contributed by atoms with van der Waals surface area (Å²) in [5.74, 6) is -3.66. The Hall–Kier alpha value is -1.07. The standard InChI is InChI=1S/C15H21F3N2/c16-13-9-12(10-14(17)15(13)18)11-19-5-4-8-20-6-2-1-3-7-20/h9-10,19H,1-8,11H2. The lowest BCUT2D eigenvalue weighted by Crippen LogP contribution is -2.32. The molecule has 1 aliphatic rings. The fourth-order valence-electron chi connectivity index (χ4n) is 2.55. The van der Waals surface area contributed by atoms with Gasteiger partial charge in [0, 0.05) is 6.54 Å². The molecule has 0 amide bonds. The molecule has 0 aliphatic carbocycles. The zero-order valence-corrected chi connectivity index (χ0v) is 11.6. The van der Waals surface area contributed by atoms with E-state index in [0.717, 1.165) is 31.6 Å². The molecule has 0 unspecified atom stereocenters. The molecule has 2 rings (SSSR count). The third kappa shape index (κ3) is 4.49. The molecule has 1 aromatic rings. The Bertz CT molecular complexity index is 408. The summed E-state index contributed by atoms with van der Waals surface area (Å²) in [5, 5.41) is 3.13. The molecular weight excluding hydrogens is 265 g/mol. The zero-order chi connectivity index (χ0) is 14.4. The first-order valence-electron chi connectivity index (χ1n) is 7.23. The minimum Gasteiger partial charge on any atom is -0.313 e. The van der Waals surface area contributed by atoms with Gasteiger partial charge in [-0.25, -0.2) is 13.2 Å². The average Bonchev–Trinajstić information content (AvgIpc) is 2.45. The highest BCUT2D eigenvalue weighted by Crippen LogP contribution is 2.13. The van der Waals surface area contributed by atoms with Gasteiger partial charge in [-0.3, -0.25) is 0 Å². The minimum absolute atomic E-state index is 0.355. The van der Waals surface area contributed by atoms with Gasteiger partial charge in [0.25, 0.3) is 0 Å². The quantitative estimate of drug-likeness (QED) is 0.638. The normalized spacial score (nSPS) is 16.6. The van der Waals surface area contributed by atoms with Gasteiger partial charge in [0.1, 0.15) is 0 Å². The monoisotopic (exact) mass is 286 g/mol. The van der Waals surface area contributed by atoms with E-state index in [1.807, 2.05) is 0 Å². The SMILES string of the molecule is Fc1cc(CNCCCN2CCCCC2)cc(F)c1F. The van der Waals surface area contributed by atoms with Gasteiger partial charge >= 0.3 is 0 Å². The summed E-state index contributed by atoms with van der Waals surface area (Å²) in [7, 11) is 0. The molecule has 1 N–H and O–H groups in total. The molecule has 1 saturated heterocycles. The van der Waals surface area contributed by atoms with Gasteiger partial charge in [0.2, 0.25) is 0 Å². The Labute approximate surface area is 118 Å². The van der Waals surface area contributed by atoms with E-state index in [4.69, 9.17) is 0 Å². The molecule has 5 heteroatoms. The smallest absolute Gasteiger partial charge is 0.194 e. The predicted molar refractivity (Wildman–Crippen MR) is 72.9 cm³/mol. The lowest BCUT2D eigenvalue weighted by Gasteiger charge is -2.26. The van der Waals surface area contributed by atoms with Crippen molar-refractivity contribution in [2.75, 3.05) is 26.2 Å². The van der Waals surface area contributed by atoms with E-state index in [9.17, 15) is 13.2 Å². The van der Waals surface area contributed by atoms with Crippen LogP contribution in [0.2, 0.25) is 0 Å². The van der Waals surface area contributed by atoms with Crippen LogP contribution in [-0.2, 0) is 6.54 Å². The number of halogens is 3. The Kier molecular flexibility index (Phi) is 5.86. The molecule has 1 heterocycles. The van der Waals surface area contributed by atoms with Crippen LogP contribution in [0.15, 0.2) is 12.1 Å². The summed E-state index contributed by atoms with van der Waals surface area (Å²) in [6.07, 6.45) is 4.89. The molecule has 1 aliphatic heterocycles. The number of rotatable bonds is 6. The first kappa shape index (κ1) is 15.3. The predicted octanol–water partition coefficient (Wildman–Crippen LogP) is 3.07. The molecule has 0 atom stereocenters. The van der Waals surface area contributed by atoms with E-state index in [0.29, 0.717) is 12.1 Å². The van der Waals surface area contributed by atoms with Gasteiger partial charge in [-0.05, 0) is 63.1 Å². The fraction of sp³-hybridized carbons (Fsp3) is 0.600. The Balaban J connectivity index is 1.65. The third-order valence-corrected chi connectivity index (χ3v) is 3.65. The van der Waals surface area contributed by atoms with Crippen molar-refractivity contribution in [3.05, 3.63) is 35.1 Å². The lowest BCUT2D eigenvalue weighted by molar-refractivity contribution is 0.225. The maximum Gasteiger partial charge on any atom is 0.194 e. The summed E-state index contributed by atoms with van der Waals surface area (Å²) < 4.78 is 38.8. The highest BCUT2D eigenvalue weighted by atomic mass is 19.2. The van der Waals surface area contributed by atoms with Crippen LogP contribution >= 0.6 is 0 Å². The molecule has 0 saturated carbocycles. The molecule has 0 radical (unpaired) electrons. The van der Waals surface area contributed by atoms with Crippen molar-refractivity contribution in [2.24, 2.45) is 0 Å². The van der Waals surface area contributed by atoms with Crippen molar-refractivity contribution < 1.29 is 13.2 Å². The molecule has 1 fully saturated rings. The van der Waals surface area contributed by atoms with Crippen molar-refractivity contribution >= 4 is 0 Å². The van der Waals surface area contributed by atoms with Crippen molar-refractivity contribution in [3.63, 3.8) is 0 Å². The molecule has 20 heavy (non-hydrogen) atoms. The maximum atomic E-state index is 13.0. The first-order valence-corrected chi connectivity index (χ1v) is 7.23. The second-order valence-corrected chi connectivity index (χ2v) is 5.31. The van der Waals surface area contributed by atoms with Crippen molar-refractivity contribution in [2.45, 2.75) is 32.2 Å². The van der Waals surface area contributed by atoms with Gasteiger partial charge < -0.3 is 10.2 Å². The van der Waals surface area contributed by atoms with Crippen LogP contribution in [0.4, 0.5) is 13.2 Å². The summed E-state index contributed by atoms with van der Waals surface area (Å²) in [4.78, 5) is 2.45. The molecule has 0 aromatic heterocycles. The van der Waals surface area contributed by atoms with Crippen LogP contribution < -0.4 is 5.32 Å². The van der Waals surface area contributed by atoms with Gasteiger partial charge in [-0.2, -0.15) is 0 Å². The van der Waals surface area contributed by atoms with Crippen LogP contribution in [0, 0.1) is 17.5 Å². The third-order valence-electron chi connectivity index (χ3n) is 3.65. The minimum atomic E-state index is -1.40. The highest BCUT2D eigenvalue weighted by Gasteiger charge is 2.11. The maximum absolute atomic E-state index is 13.0. The molecule has 1 aromatic carbocycles. The molecule has 0 spiro atoms. The van der Waals surface area contributed by atoms with Crippen molar-refractivity contribution in [1.29, 1.82) is 0 Å². The van der Waals surface area contributed by atoms with Crippen LogP contribution in [0.5, 0.6) is 0 Å². The number of likely N-dealkylation sites (tertiary alicyclic amines) is 1. The number of hydrogen-bond donors (Lipinski definition) is 1. The topological polar surface area (TPSA) is 15.3 Å². The van der Waals surface area contributed by atoms with Gasteiger partial charge in [-0.1, -0.05) is 6.42 Å². The largest absolute Gasteiger partial charge is 0.313 e. The number of benzene rings is 1. The van der Waals surface area contributed by atoms with Crippen LogP contribution in [0.1, 0.15) is 31.2 Å². The number of piperidine rings is 1. The van der Waals surface area contributed by atoms with Gasteiger partial charge in [-0.15, -0.1) is 0 Å². The molecule has 0 bridgehead atoms. The fourth-order valence-corrected chi connectivity index (χ4v) is 2.55. The molecule has 112 valence electrons. The van der Waals surface area contributed by atoms with Crippen LogP contribution in [0.3, 0.4) is 0 Å². The second-order valence-electron chi connectivity index (χ2n) is 5.31. The Morgan fingerprint density at radius 3 is 2.30 bits per heavy atom. The summed E-state index contributed by atoms with van der Waals surface area (Å²) in [5.41, 5.74) is 0.430. The van der Waals surface area contributed by atoms with Crippen LogP contribution in [0.25, 0.3) is 0 Å². The first-order chi connectivity index (χ1) is 9.66. The van der Waals surface area contributed by atoms with Crippen LogP contribution in [-0.4, -0.2) is 31.1 Å². The summed E-state index contributed by atoms with van der Waals surface area (Å²) in [6.45, 7) is 4.55. The number of nitrogens with one attached hydrogen (secondary N) is 1. The number of hydrogen-bond acceptors (Lipinski definition) is 2. The van der Waals surface area contributed by atoms with Crippen molar-refractivity contribution in [3.8, 4) is 0 Å².